The molecule has 0 bridgehead atoms. The summed E-state index contributed by atoms with van der Waals surface area (Å²) in [5, 5.41) is 8.93. The van der Waals surface area contributed by atoms with Crippen molar-refractivity contribution >= 4 is 12.0 Å². The smallest absolute Gasteiger partial charge is 0.465 e. The van der Waals surface area contributed by atoms with Crippen LogP contribution in [-0.2, 0) is 4.79 Å². The van der Waals surface area contributed by atoms with Crippen molar-refractivity contribution < 1.29 is 32.3 Å². The number of carbonyl (C=O) groups is 2. The van der Waals surface area contributed by atoms with Crippen LogP contribution in [0.5, 0.6) is 0 Å². The lowest BCUT2D eigenvalue weighted by Crippen LogP contribution is -2.53. The molecule has 1 aromatic rings. The third kappa shape index (κ3) is 4.33. The summed E-state index contributed by atoms with van der Waals surface area (Å²) in [7, 11) is 0. The van der Waals surface area contributed by atoms with Crippen LogP contribution in [0.25, 0.3) is 0 Å². The quantitative estimate of drug-likeness (QED) is 0.804. The molecule has 1 aliphatic heterocycles. The molecule has 2 amide bonds. The van der Waals surface area contributed by atoms with E-state index in [9.17, 15) is 22.8 Å². The second-order valence-corrected chi connectivity index (χ2v) is 7.17. The van der Waals surface area contributed by atoms with Crippen LogP contribution in [-0.4, -0.2) is 64.4 Å². The van der Waals surface area contributed by atoms with Gasteiger partial charge in [0.15, 0.2) is 0 Å². The molecule has 1 aliphatic carbocycles. The molecule has 2 unspecified atom stereocenters. The van der Waals surface area contributed by atoms with Gasteiger partial charge in [0.25, 0.3) is 0 Å². The lowest BCUT2D eigenvalue weighted by Gasteiger charge is -2.38. The van der Waals surface area contributed by atoms with Gasteiger partial charge in [-0.1, -0.05) is 30.3 Å². The Morgan fingerprint density at radius 2 is 1.78 bits per heavy atom. The zero-order valence-corrected chi connectivity index (χ0v) is 14.5. The first-order chi connectivity index (χ1) is 12.6. The predicted octanol–water partition coefficient (Wildman–Crippen LogP) is 3.42. The van der Waals surface area contributed by atoms with Gasteiger partial charge in [0.1, 0.15) is 5.67 Å². The summed E-state index contributed by atoms with van der Waals surface area (Å²) in [5.74, 6) is -2.29. The maximum absolute atomic E-state index is 15.1. The Bertz CT molecular complexity index is 702. The van der Waals surface area contributed by atoms with Crippen molar-refractivity contribution in [2.75, 3.05) is 19.6 Å². The Morgan fingerprint density at radius 3 is 2.30 bits per heavy atom. The van der Waals surface area contributed by atoms with E-state index in [0.717, 1.165) is 10.5 Å². The molecule has 2 aliphatic rings. The molecule has 5 nitrogen and oxygen atoms in total. The molecule has 0 radical (unpaired) electrons. The second kappa shape index (κ2) is 7.01. The molecule has 9 heteroatoms. The number of likely N-dealkylation sites (tertiary alicyclic amines) is 1. The summed E-state index contributed by atoms with van der Waals surface area (Å²) in [6.07, 6.45) is -6.38. The number of carbonyl (C=O) groups excluding carboxylic acids is 1. The maximum Gasteiger partial charge on any atom is 0.471 e. The number of carboxylic acid groups (broad SMARTS) is 1. The minimum absolute atomic E-state index is 0.105. The molecule has 2 atom stereocenters. The predicted molar refractivity (Wildman–Crippen MR) is 88.0 cm³/mol. The largest absolute Gasteiger partial charge is 0.471 e. The highest BCUT2D eigenvalue weighted by molar-refractivity contribution is 5.82. The van der Waals surface area contributed by atoms with E-state index >= 15 is 4.39 Å². The zero-order chi connectivity index (χ0) is 19.8. The van der Waals surface area contributed by atoms with Crippen LogP contribution in [0.1, 0.15) is 30.7 Å². The van der Waals surface area contributed by atoms with Crippen molar-refractivity contribution in [2.45, 2.75) is 43.1 Å². The molecule has 3 rings (SSSR count). The molecule has 1 saturated heterocycles. The molecule has 27 heavy (non-hydrogen) atoms. The van der Waals surface area contributed by atoms with Crippen LogP contribution in [0, 0.1) is 0 Å². The lowest BCUT2D eigenvalue weighted by molar-refractivity contribution is -0.188. The standard InChI is InChI=1S/C18H20F4N2O3/c19-17(6-8-23(9-7-17)16(26)27)11-24(15(25)18(20,21)22)14-10-13(14)12-4-2-1-3-5-12/h1-5,13-14H,6-11H2,(H,26,27). The van der Waals surface area contributed by atoms with Gasteiger partial charge < -0.3 is 14.9 Å². The number of piperidine rings is 1. The van der Waals surface area contributed by atoms with Crippen LogP contribution in [0.3, 0.4) is 0 Å². The average molecular weight is 388 g/mol. The van der Waals surface area contributed by atoms with Crippen LogP contribution in [0.2, 0.25) is 0 Å². The van der Waals surface area contributed by atoms with Crippen molar-refractivity contribution in [3.05, 3.63) is 35.9 Å². The molecule has 1 aromatic carbocycles. The van der Waals surface area contributed by atoms with Gasteiger partial charge in [0, 0.05) is 37.9 Å². The lowest BCUT2D eigenvalue weighted by atomic mass is 9.92. The number of alkyl halides is 4. The summed E-state index contributed by atoms with van der Waals surface area (Å²) < 4.78 is 54.3. The molecule has 1 heterocycles. The van der Waals surface area contributed by atoms with Crippen molar-refractivity contribution in [1.82, 2.24) is 9.80 Å². The van der Waals surface area contributed by atoms with Gasteiger partial charge in [0.2, 0.25) is 0 Å². The van der Waals surface area contributed by atoms with Crippen LogP contribution < -0.4 is 0 Å². The van der Waals surface area contributed by atoms with Gasteiger partial charge in [-0.15, -0.1) is 0 Å². The first-order valence-electron chi connectivity index (χ1n) is 8.70. The van der Waals surface area contributed by atoms with Gasteiger partial charge in [-0.25, -0.2) is 9.18 Å². The van der Waals surface area contributed by atoms with E-state index in [0.29, 0.717) is 11.3 Å². The Morgan fingerprint density at radius 1 is 1.19 bits per heavy atom. The first-order valence-corrected chi connectivity index (χ1v) is 8.70. The van der Waals surface area contributed by atoms with Gasteiger partial charge in [-0.05, 0) is 12.0 Å². The van der Waals surface area contributed by atoms with E-state index in [2.05, 4.69) is 0 Å². The number of benzene rings is 1. The van der Waals surface area contributed by atoms with E-state index in [4.69, 9.17) is 5.11 Å². The monoisotopic (exact) mass is 388 g/mol. The third-order valence-corrected chi connectivity index (χ3v) is 5.27. The van der Waals surface area contributed by atoms with Gasteiger partial charge >= 0.3 is 18.2 Å². The summed E-state index contributed by atoms with van der Waals surface area (Å²) in [5.41, 5.74) is -1.22. The zero-order valence-electron chi connectivity index (χ0n) is 14.5. The van der Waals surface area contributed by atoms with Gasteiger partial charge in [-0.3, -0.25) is 4.79 Å². The Labute approximate surface area is 153 Å². The minimum Gasteiger partial charge on any atom is -0.465 e. The first kappa shape index (κ1) is 19.4. The number of hydrogen-bond donors (Lipinski definition) is 1. The van der Waals surface area contributed by atoms with Crippen LogP contribution in [0.4, 0.5) is 22.4 Å². The highest BCUT2D eigenvalue weighted by Crippen LogP contribution is 2.47. The van der Waals surface area contributed by atoms with E-state index < -0.39 is 36.4 Å². The molecular formula is C18H20F4N2O3. The molecule has 0 spiro atoms. The molecule has 148 valence electrons. The Hall–Kier alpha value is -2.32. The summed E-state index contributed by atoms with van der Waals surface area (Å²) in [6, 6.07) is 8.16. The third-order valence-electron chi connectivity index (χ3n) is 5.27. The topological polar surface area (TPSA) is 60.9 Å². The van der Waals surface area contributed by atoms with Gasteiger partial charge in [-0.2, -0.15) is 13.2 Å². The van der Waals surface area contributed by atoms with Gasteiger partial charge in [0.05, 0.1) is 6.54 Å². The summed E-state index contributed by atoms with van der Waals surface area (Å²) in [4.78, 5) is 24.5. The van der Waals surface area contributed by atoms with E-state index in [1.165, 1.54) is 0 Å². The van der Waals surface area contributed by atoms with Crippen molar-refractivity contribution in [3.63, 3.8) is 0 Å². The van der Waals surface area contributed by atoms with Crippen LogP contribution in [0.15, 0.2) is 30.3 Å². The molecule has 1 saturated carbocycles. The minimum atomic E-state index is -5.08. The summed E-state index contributed by atoms with van der Waals surface area (Å²) in [6.45, 7) is -0.883. The van der Waals surface area contributed by atoms with Crippen molar-refractivity contribution in [3.8, 4) is 0 Å². The number of nitrogens with zero attached hydrogens (tertiary/aromatic N) is 2. The molecular weight excluding hydrogens is 368 g/mol. The highest BCUT2D eigenvalue weighted by Gasteiger charge is 2.54. The highest BCUT2D eigenvalue weighted by atomic mass is 19.4. The van der Waals surface area contributed by atoms with E-state index in [1.807, 2.05) is 0 Å². The second-order valence-electron chi connectivity index (χ2n) is 7.17. The van der Waals surface area contributed by atoms with Crippen molar-refractivity contribution in [2.24, 2.45) is 0 Å². The summed E-state index contributed by atoms with van der Waals surface area (Å²) >= 11 is 0. The maximum atomic E-state index is 15.1. The fourth-order valence-corrected chi connectivity index (χ4v) is 3.65. The molecule has 1 N–H and O–H groups in total. The number of rotatable bonds is 4. The number of amides is 2. The Balaban J connectivity index is 1.74. The van der Waals surface area contributed by atoms with E-state index in [1.54, 1.807) is 30.3 Å². The fourth-order valence-electron chi connectivity index (χ4n) is 3.65. The average Bonchev–Trinajstić information content (AvgIpc) is 3.40. The SMILES string of the molecule is O=C(O)N1CCC(F)(CN(C(=O)C(F)(F)F)C2CC2c2ccccc2)CC1. The Kier molecular flexibility index (Phi) is 5.05. The molecule has 2 fully saturated rings. The number of hydrogen-bond acceptors (Lipinski definition) is 2. The van der Waals surface area contributed by atoms with Crippen molar-refractivity contribution in [1.29, 1.82) is 0 Å². The molecule has 0 aromatic heterocycles. The van der Waals surface area contributed by atoms with E-state index in [-0.39, 0.29) is 31.8 Å². The normalized spacial score (nSPS) is 24.4. The fraction of sp³-hybridized carbons (Fsp3) is 0.556. The van der Waals surface area contributed by atoms with Crippen LogP contribution >= 0.6 is 0 Å². The number of halogens is 4.